The minimum absolute atomic E-state index is 0.659. The molecule has 1 aliphatic rings. The summed E-state index contributed by atoms with van der Waals surface area (Å²) >= 11 is 0. The van der Waals surface area contributed by atoms with E-state index >= 15 is 0 Å². The molecule has 0 radical (unpaired) electrons. The summed E-state index contributed by atoms with van der Waals surface area (Å²) in [6.45, 7) is 5.75. The van der Waals surface area contributed by atoms with Crippen molar-refractivity contribution in [1.29, 1.82) is 0 Å². The van der Waals surface area contributed by atoms with E-state index in [4.69, 9.17) is 9.47 Å². The van der Waals surface area contributed by atoms with Gasteiger partial charge in [-0.3, -0.25) is 0 Å². The Labute approximate surface area is 129 Å². The van der Waals surface area contributed by atoms with Crippen molar-refractivity contribution in [1.82, 2.24) is 5.32 Å². The van der Waals surface area contributed by atoms with Crippen LogP contribution in [0.4, 0.5) is 0 Å². The fraction of sp³-hybridized carbons (Fsp3) is 0.667. The molecule has 0 spiro atoms. The molecule has 1 heterocycles. The summed E-state index contributed by atoms with van der Waals surface area (Å²) in [5, 5.41) is 3.53. The van der Waals surface area contributed by atoms with Crippen molar-refractivity contribution in [2.45, 2.75) is 51.9 Å². The molecule has 1 aromatic rings. The molecule has 2 rings (SSSR count). The lowest BCUT2D eigenvalue weighted by Crippen LogP contribution is -2.19. The zero-order valence-electron chi connectivity index (χ0n) is 13.3. The highest BCUT2D eigenvalue weighted by Crippen LogP contribution is 2.30. The maximum atomic E-state index is 5.61. The Kier molecular flexibility index (Phi) is 7.44. The van der Waals surface area contributed by atoms with Crippen LogP contribution in [0.2, 0.25) is 0 Å². The van der Waals surface area contributed by atoms with Crippen LogP contribution in [0.5, 0.6) is 11.5 Å². The van der Waals surface area contributed by atoms with E-state index in [0.717, 1.165) is 31.0 Å². The smallest absolute Gasteiger partial charge is 0.161 e. The van der Waals surface area contributed by atoms with Gasteiger partial charge in [-0.2, -0.15) is 0 Å². The van der Waals surface area contributed by atoms with Gasteiger partial charge in [0.15, 0.2) is 11.5 Å². The average Bonchev–Trinajstić information content (AvgIpc) is 2.53. The zero-order valence-corrected chi connectivity index (χ0v) is 13.3. The van der Waals surface area contributed by atoms with E-state index in [-0.39, 0.29) is 0 Å². The van der Waals surface area contributed by atoms with Crippen LogP contribution in [0, 0.1) is 0 Å². The average molecular weight is 291 g/mol. The highest BCUT2D eigenvalue weighted by Gasteiger charge is 2.11. The number of unbranched alkanes of at least 4 members (excludes halogenated alkanes) is 5. The van der Waals surface area contributed by atoms with Gasteiger partial charge in [0.05, 0.1) is 0 Å². The van der Waals surface area contributed by atoms with Crippen LogP contribution in [-0.2, 0) is 6.42 Å². The Bertz CT molecular complexity index is 406. The summed E-state index contributed by atoms with van der Waals surface area (Å²) in [6, 6.07) is 6.28. The number of hydrogen-bond donors (Lipinski definition) is 1. The second kappa shape index (κ2) is 9.67. The second-order valence-corrected chi connectivity index (χ2v) is 5.75. The van der Waals surface area contributed by atoms with Gasteiger partial charge in [0.25, 0.3) is 0 Å². The molecule has 3 heteroatoms. The summed E-state index contributed by atoms with van der Waals surface area (Å²) in [4.78, 5) is 0. The molecule has 1 aromatic carbocycles. The summed E-state index contributed by atoms with van der Waals surface area (Å²) < 4.78 is 11.1. The summed E-state index contributed by atoms with van der Waals surface area (Å²) in [6.07, 6.45) is 9.20. The fourth-order valence-corrected chi connectivity index (χ4v) is 2.63. The van der Waals surface area contributed by atoms with Gasteiger partial charge in [-0.1, -0.05) is 45.1 Å². The number of rotatable bonds is 10. The predicted octanol–water partition coefficient (Wildman–Crippen LogP) is 3.95. The molecule has 0 unspecified atom stereocenters. The Morgan fingerprint density at radius 1 is 0.905 bits per heavy atom. The predicted molar refractivity (Wildman–Crippen MR) is 87.4 cm³/mol. The summed E-state index contributed by atoms with van der Waals surface area (Å²) in [5.74, 6) is 1.78. The Hall–Kier alpha value is -1.22. The number of ether oxygens (including phenoxy) is 2. The normalized spacial score (nSPS) is 13.4. The van der Waals surface area contributed by atoms with E-state index < -0.39 is 0 Å². The van der Waals surface area contributed by atoms with Crippen molar-refractivity contribution in [3.63, 3.8) is 0 Å². The number of fused-ring (bicyclic) bond motifs is 1. The number of hydrogen-bond acceptors (Lipinski definition) is 3. The molecule has 0 saturated heterocycles. The lowest BCUT2D eigenvalue weighted by Gasteiger charge is -2.18. The third kappa shape index (κ3) is 5.96. The first-order valence-electron chi connectivity index (χ1n) is 8.49. The van der Waals surface area contributed by atoms with Gasteiger partial charge in [-0.25, -0.2) is 0 Å². The van der Waals surface area contributed by atoms with Crippen molar-refractivity contribution in [3.05, 3.63) is 23.8 Å². The van der Waals surface area contributed by atoms with Crippen LogP contribution in [0.25, 0.3) is 0 Å². The van der Waals surface area contributed by atoms with Gasteiger partial charge in [-0.15, -0.1) is 0 Å². The molecule has 3 nitrogen and oxygen atoms in total. The van der Waals surface area contributed by atoms with E-state index in [2.05, 4.69) is 24.4 Å². The molecule has 1 aliphatic heterocycles. The standard InChI is InChI=1S/C18H29NO2/c1-2-3-4-5-6-7-11-19-12-10-16-8-9-17-18(15-16)21-14-13-20-17/h8-9,15,19H,2-7,10-14H2,1H3. The van der Waals surface area contributed by atoms with Crippen LogP contribution in [-0.4, -0.2) is 26.3 Å². The molecular formula is C18H29NO2. The first-order chi connectivity index (χ1) is 10.4. The number of benzene rings is 1. The van der Waals surface area contributed by atoms with Crippen LogP contribution >= 0.6 is 0 Å². The first-order valence-corrected chi connectivity index (χ1v) is 8.49. The molecule has 21 heavy (non-hydrogen) atoms. The quantitative estimate of drug-likeness (QED) is 0.662. The Morgan fingerprint density at radius 3 is 2.52 bits per heavy atom. The van der Waals surface area contributed by atoms with Crippen molar-refractivity contribution < 1.29 is 9.47 Å². The molecular weight excluding hydrogens is 262 g/mol. The highest BCUT2D eigenvalue weighted by atomic mass is 16.6. The molecule has 0 aromatic heterocycles. The Morgan fingerprint density at radius 2 is 1.67 bits per heavy atom. The third-order valence-electron chi connectivity index (χ3n) is 3.90. The van der Waals surface area contributed by atoms with Crippen molar-refractivity contribution in [2.75, 3.05) is 26.3 Å². The van der Waals surface area contributed by atoms with Gasteiger partial charge in [-0.05, 0) is 43.6 Å². The van der Waals surface area contributed by atoms with Crippen LogP contribution in [0.15, 0.2) is 18.2 Å². The fourth-order valence-electron chi connectivity index (χ4n) is 2.63. The third-order valence-corrected chi connectivity index (χ3v) is 3.90. The van der Waals surface area contributed by atoms with Crippen LogP contribution in [0.1, 0.15) is 51.0 Å². The van der Waals surface area contributed by atoms with Crippen molar-refractivity contribution in [3.8, 4) is 11.5 Å². The molecule has 0 bridgehead atoms. The van der Waals surface area contributed by atoms with Gasteiger partial charge in [0, 0.05) is 0 Å². The number of nitrogens with one attached hydrogen (secondary N) is 1. The molecule has 0 aliphatic carbocycles. The lowest BCUT2D eigenvalue weighted by atomic mass is 10.1. The van der Waals surface area contributed by atoms with Gasteiger partial charge in [0.2, 0.25) is 0 Å². The van der Waals surface area contributed by atoms with Gasteiger partial charge < -0.3 is 14.8 Å². The zero-order chi connectivity index (χ0) is 14.8. The molecule has 0 fully saturated rings. The van der Waals surface area contributed by atoms with E-state index in [9.17, 15) is 0 Å². The molecule has 1 N–H and O–H groups in total. The highest BCUT2D eigenvalue weighted by molar-refractivity contribution is 5.43. The maximum absolute atomic E-state index is 5.61. The largest absolute Gasteiger partial charge is 0.486 e. The van der Waals surface area contributed by atoms with Crippen LogP contribution < -0.4 is 14.8 Å². The topological polar surface area (TPSA) is 30.5 Å². The monoisotopic (exact) mass is 291 g/mol. The molecule has 0 amide bonds. The Balaban J connectivity index is 1.54. The van der Waals surface area contributed by atoms with E-state index in [0.29, 0.717) is 13.2 Å². The van der Waals surface area contributed by atoms with E-state index in [1.807, 2.05) is 6.07 Å². The minimum atomic E-state index is 0.659. The minimum Gasteiger partial charge on any atom is -0.486 e. The van der Waals surface area contributed by atoms with E-state index in [1.165, 1.54) is 44.1 Å². The summed E-state index contributed by atoms with van der Waals surface area (Å²) in [5.41, 5.74) is 1.31. The molecule has 0 saturated carbocycles. The second-order valence-electron chi connectivity index (χ2n) is 5.75. The van der Waals surface area contributed by atoms with Gasteiger partial charge >= 0.3 is 0 Å². The maximum Gasteiger partial charge on any atom is 0.161 e. The lowest BCUT2D eigenvalue weighted by molar-refractivity contribution is 0.171. The van der Waals surface area contributed by atoms with Crippen molar-refractivity contribution >= 4 is 0 Å². The summed E-state index contributed by atoms with van der Waals surface area (Å²) in [7, 11) is 0. The van der Waals surface area contributed by atoms with E-state index in [1.54, 1.807) is 0 Å². The van der Waals surface area contributed by atoms with Crippen LogP contribution in [0.3, 0.4) is 0 Å². The first kappa shape index (κ1) is 16.2. The van der Waals surface area contributed by atoms with Crippen molar-refractivity contribution in [2.24, 2.45) is 0 Å². The molecule has 118 valence electrons. The SMILES string of the molecule is CCCCCCCCNCCc1ccc2c(c1)OCCO2. The molecule has 0 atom stereocenters. The van der Waals surface area contributed by atoms with Gasteiger partial charge in [0.1, 0.15) is 13.2 Å².